The van der Waals surface area contributed by atoms with Crippen LogP contribution < -0.4 is 16.4 Å². The van der Waals surface area contributed by atoms with Gasteiger partial charge in [-0.2, -0.15) is 13.2 Å². The number of amides is 2. The molecule has 4 N–H and O–H groups in total. The summed E-state index contributed by atoms with van der Waals surface area (Å²) < 4.78 is 40.3. The van der Waals surface area contributed by atoms with E-state index in [4.69, 9.17) is 5.73 Å². The average Bonchev–Trinajstić information content (AvgIpc) is 3.04. The first-order valence-electron chi connectivity index (χ1n) is 9.15. The van der Waals surface area contributed by atoms with E-state index in [-0.39, 0.29) is 11.4 Å². The maximum Gasteiger partial charge on any atom is 0.433 e. The Labute approximate surface area is 171 Å². The Kier molecular flexibility index (Phi) is 5.47. The van der Waals surface area contributed by atoms with Crippen molar-refractivity contribution in [2.45, 2.75) is 32.5 Å². The molecule has 2 aromatic heterocycles. The van der Waals surface area contributed by atoms with Crippen LogP contribution in [0.3, 0.4) is 0 Å². The van der Waals surface area contributed by atoms with Crippen molar-refractivity contribution in [3.63, 3.8) is 0 Å². The highest BCUT2D eigenvalue weighted by atomic mass is 19.4. The summed E-state index contributed by atoms with van der Waals surface area (Å²) in [6.45, 7) is 6.20. The highest BCUT2D eigenvalue weighted by molar-refractivity contribution is 5.99. The van der Waals surface area contributed by atoms with Crippen molar-refractivity contribution in [1.82, 2.24) is 9.55 Å². The molecule has 9 heteroatoms. The predicted molar refractivity (Wildman–Crippen MR) is 111 cm³/mol. The Bertz CT molecular complexity index is 1050. The van der Waals surface area contributed by atoms with Crippen LogP contribution in [0.4, 0.5) is 35.2 Å². The number of nitrogens with two attached hydrogens (primary N) is 1. The van der Waals surface area contributed by atoms with Crippen LogP contribution >= 0.6 is 0 Å². The predicted octanol–water partition coefficient (Wildman–Crippen LogP) is 5.55. The summed E-state index contributed by atoms with van der Waals surface area (Å²) in [5.41, 5.74) is 7.73. The van der Waals surface area contributed by atoms with Crippen molar-refractivity contribution in [2.24, 2.45) is 0 Å². The SMILES string of the molecule is CC(C)(C)n1ccc(N)c1-c1ccc(NC(=O)Nc2cccc(C(F)(F)F)n2)cc1. The van der Waals surface area contributed by atoms with E-state index in [0.717, 1.165) is 17.3 Å². The van der Waals surface area contributed by atoms with Crippen LogP contribution in [0.5, 0.6) is 0 Å². The largest absolute Gasteiger partial charge is 0.433 e. The number of aromatic nitrogens is 2. The molecule has 2 amide bonds. The molecular weight excluding hydrogens is 395 g/mol. The number of benzene rings is 1. The number of nitrogen functional groups attached to an aromatic ring is 1. The number of pyridine rings is 1. The summed E-state index contributed by atoms with van der Waals surface area (Å²) in [6.07, 6.45) is -2.66. The number of halogens is 3. The molecule has 0 aliphatic heterocycles. The number of carbonyl (C=O) groups is 1. The fourth-order valence-electron chi connectivity index (χ4n) is 2.96. The maximum atomic E-state index is 12.7. The van der Waals surface area contributed by atoms with Gasteiger partial charge in [0.05, 0.1) is 11.4 Å². The van der Waals surface area contributed by atoms with Gasteiger partial charge in [0.2, 0.25) is 0 Å². The second kappa shape index (κ2) is 7.74. The Hall–Kier alpha value is -3.49. The lowest BCUT2D eigenvalue weighted by atomic mass is 10.1. The molecule has 0 aliphatic carbocycles. The number of anilines is 3. The van der Waals surface area contributed by atoms with Crippen LogP contribution in [0.2, 0.25) is 0 Å². The Morgan fingerprint density at radius 3 is 2.27 bits per heavy atom. The standard InChI is InChI=1S/C21H22F3N5O/c1-20(2,3)29-12-11-15(25)18(29)13-7-9-14(10-8-13)26-19(30)28-17-6-4-5-16(27-17)21(22,23)24/h4-12H,25H2,1-3H3,(H2,26,27,28,30). The van der Waals surface area contributed by atoms with E-state index in [9.17, 15) is 18.0 Å². The van der Waals surface area contributed by atoms with Crippen LogP contribution in [-0.2, 0) is 11.7 Å². The molecule has 0 radical (unpaired) electrons. The van der Waals surface area contributed by atoms with Crippen molar-refractivity contribution in [1.29, 1.82) is 0 Å². The number of rotatable bonds is 3. The third-order valence-electron chi connectivity index (χ3n) is 4.34. The Morgan fingerprint density at radius 2 is 1.67 bits per heavy atom. The number of nitrogens with zero attached hydrogens (tertiary/aromatic N) is 2. The molecule has 0 fully saturated rings. The molecule has 30 heavy (non-hydrogen) atoms. The third kappa shape index (κ3) is 4.73. The highest BCUT2D eigenvalue weighted by Gasteiger charge is 2.32. The van der Waals surface area contributed by atoms with Gasteiger partial charge in [0.25, 0.3) is 0 Å². The minimum atomic E-state index is -4.59. The molecule has 0 atom stereocenters. The van der Waals surface area contributed by atoms with Gasteiger partial charge in [-0.05, 0) is 51.1 Å². The van der Waals surface area contributed by atoms with Gasteiger partial charge in [0, 0.05) is 23.0 Å². The summed E-state index contributed by atoms with van der Waals surface area (Å²) >= 11 is 0. The van der Waals surface area contributed by atoms with Crippen molar-refractivity contribution in [3.8, 4) is 11.3 Å². The average molecular weight is 417 g/mol. The van der Waals surface area contributed by atoms with Crippen molar-refractivity contribution in [3.05, 3.63) is 60.4 Å². The quantitative estimate of drug-likeness (QED) is 0.522. The van der Waals surface area contributed by atoms with E-state index >= 15 is 0 Å². The Balaban J connectivity index is 1.73. The zero-order chi connectivity index (χ0) is 22.1. The van der Waals surface area contributed by atoms with Gasteiger partial charge in [-0.15, -0.1) is 0 Å². The van der Waals surface area contributed by atoms with Gasteiger partial charge in [-0.3, -0.25) is 5.32 Å². The topological polar surface area (TPSA) is 85.0 Å². The molecule has 6 nitrogen and oxygen atoms in total. The van der Waals surface area contributed by atoms with Gasteiger partial charge >= 0.3 is 12.2 Å². The molecule has 0 spiro atoms. The number of nitrogens with one attached hydrogen (secondary N) is 2. The fourth-order valence-corrected chi connectivity index (χ4v) is 2.96. The lowest BCUT2D eigenvalue weighted by Crippen LogP contribution is -2.22. The van der Waals surface area contributed by atoms with Crippen LogP contribution in [0.25, 0.3) is 11.3 Å². The summed E-state index contributed by atoms with van der Waals surface area (Å²) in [6, 6.07) is 11.4. The monoisotopic (exact) mass is 417 g/mol. The zero-order valence-electron chi connectivity index (χ0n) is 16.7. The third-order valence-corrected chi connectivity index (χ3v) is 4.34. The number of carbonyl (C=O) groups excluding carboxylic acids is 1. The number of alkyl halides is 3. The molecule has 3 aromatic rings. The van der Waals surface area contributed by atoms with Crippen molar-refractivity contribution in [2.75, 3.05) is 16.4 Å². The van der Waals surface area contributed by atoms with Crippen LogP contribution in [-0.4, -0.2) is 15.6 Å². The lowest BCUT2D eigenvalue weighted by molar-refractivity contribution is -0.141. The molecule has 0 bridgehead atoms. The van der Waals surface area contributed by atoms with Gasteiger partial charge < -0.3 is 15.6 Å². The molecular formula is C21H22F3N5O. The second-order valence-electron chi connectivity index (χ2n) is 7.72. The molecule has 0 unspecified atom stereocenters. The molecule has 0 saturated carbocycles. The van der Waals surface area contributed by atoms with E-state index < -0.39 is 17.9 Å². The molecule has 3 rings (SSSR count). The minimum absolute atomic E-state index is 0.165. The van der Waals surface area contributed by atoms with Crippen LogP contribution in [0, 0.1) is 0 Å². The first kappa shape index (κ1) is 21.2. The molecule has 2 heterocycles. The highest BCUT2D eigenvalue weighted by Crippen LogP contribution is 2.33. The molecule has 158 valence electrons. The normalized spacial score (nSPS) is 11.9. The summed E-state index contributed by atoms with van der Waals surface area (Å²) in [5, 5.41) is 4.87. The Morgan fingerprint density at radius 1 is 1.00 bits per heavy atom. The lowest BCUT2D eigenvalue weighted by Gasteiger charge is -2.25. The van der Waals surface area contributed by atoms with E-state index in [1.807, 2.05) is 24.4 Å². The molecule has 1 aromatic carbocycles. The summed E-state index contributed by atoms with van der Waals surface area (Å²) in [7, 11) is 0. The van der Waals surface area contributed by atoms with E-state index in [1.54, 1.807) is 12.1 Å². The van der Waals surface area contributed by atoms with Crippen LogP contribution in [0.1, 0.15) is 26.5 Å². The first-order valence-corrected chi connectivity index (χ1v) is 9.15. The number of hydrogen-bond donors (Lipinski definition) is 3. The van der Waals surface area contributed by atoms with Crippen LogP contribution in [0.15, 0.2) is 54.7 Å². The molecule has 0 saturated heterocycles. The minimum Gasteiger partial charge on any atom is -0.397 e. The number of hydrogen-bond acceptors (Lipinski definition) is 3. The maximum absolute atomic E-state index is 12.7. The van der Waals surface area contributed by atoms with Gasteiger partial charge in [0.15, 0.2) is 0 Å². The van der Waals surface area contributed by atoms with Crippen molar-refractivity contribution < 1.29 is 18.0 Å². The fraction of sp³-hybridized carbons (Fsp3) is 0.238. The zero-order valence-corrected chi connectivity index (χ0v) is 16.7. The first-order chi connectivity index (χ1) is 13.9. The summed E-state index contributed by atoms with van der Waals surface area (Å²) in [5.74, 6) is -0.199. The van der Waals surface area contributed by atoms with Crippen molar-refractivity contribution >= 4 is 23.2 Å². The van der Waals surface area contributed by atoms with Gasteiger partial charge in [0.1, 0.15) is 11.5 Å². The summed E-state index contributed by atoms with van der Waals surface area (Å²) in [4.78, 5) is 15.5. The van der Waals surface area contributed by atoms with Gasteiger partial charge in [-0.25, -0.2) is 9.78 Å². The van der Waals surface area contributed by atoms with E-state index in [1.165, 1.54) is 12.1 Å². The smallest absolute Gasteiger partial charge is 0.397 e. The van der Waals surface area contributed by atoms with E-state index in [2.05, 4.69) is 41.0 Å². The van der Waals surface area contributed by atoms with Gasteiger partial charge in [-0.1, -0.05) is 18.2 Å². The van der Waals surface area contributed by atoms with E-state index in [0.29, 0.717) is 11.4 Å². The number of urea groups is 1. The second-order valence-corrected chi connectivity index (χ2v) is 7.72. The molecule has 0 aliphatic rings.